The number of hydrogen-bond acceptors (Lipinski definition) is 6. The zero-order valence-electron chi connectivity index (χ0n) is 17.2. The zero-order valence-corrected chi connectivity index (χ0v) is 18.1. The third-order valence-electron chi connectivity index (χ3n) is 6.06. The van der Waals surface area contributed by atoms with Crippen molar-refractivity contribution in [3.63, 3.8) is 0 Å². The first-order chi connectivity index (χ1) is 14.7. The van der Waals surface area contributed by atoms with Crippen LogP contribution >= 0.6 is 12.2 Å². The third-order valence-corrected chi connectivity index (χ3v) is 6.38. The fourth-order valence-electron chi connectivity index (χ4n) is 4.40. The average Bonchev–Trinajstić information content (AvgIpc) is 3.09. The van der Waals surface area contributed by atoms with E-state index in [0.29, 0.717) is 11.1 Å². The lowest BCUT2D eigenvalue weighted by molar-refractivity contribution is -0.128. The highest BCUT2D eigenvalue weighted by atomic mass is 32.1. The number of rotatable bonds is 4. The molecule has 0 aliphatic carbocycles. The maximum absolute atomic E-state index is 12.5. The van der Waals surface area contributed by atoms with Gasteiger partial charge >= 0.3 is 6.03 Å². The SMILES string of the molecule is Cc1ccccc1C(O)[C@H]1O[C@@H](N2CC(=S)C(=O)NC2=O)C[C@@]1(O)c1ccccc1C. The molecule has 0 saturated carbocycles. The molecule has 2 aromatic carbocycles. The van der Waals surface area contributed by atoms with E-state index in [-0.39, 0.29) is 17.8 Å². The predicted octanol–water partition coefficient (Wildman–Crippen LogP) is 2.26. The third kappa shape index (κ3) is 3.76. The molecule has 2 fully saturated rings. The standard InChI is InChI=1S/C23H24N2O5S/c1-13-7-3-5-9-15(13)19(26)20-23(29,16-10-6-4-8-14(16)2)11-18(30-20)25-12-17(31)21(27)24-22(25)28/h3-10,18-20,26,29H,11-12H2,1-2H3,(H,24,27,28)/t18-,19?,20-,23-/m1/s1. The number of aliphatic hydroxyl groups is 2. The Bertz CT molecular complexity index is 1060. The molecule has 1 unspecified atom stereocenters. The molecule has 2 aromatic rings. The Hall–Kier alpha value is -2.65. The molecule has 2 aliphatic heterocycles. The minimum Gasteiger partial charge on any atom is -0.386 e. The Labute approximate surface area is 185 Å². The summed E-state index contributed by atoms with van der Waals surface area (Å²) in [5.74, 6) is -0.597. The van der Waals surface area contributed by atoms with Crippen molar-refractivity contribution < 1.29 is 24.5 Å². The lowest BCUT2D eigenvalue weighted by atomic mass is 9.80. The van der Waals surface area contributed by atoms with Crippen molar-refractivity contribution >= 4 is 29.0 Å². The van der Waals surface area contributed by atoms with E-state index in [1.54, 1.807) is 12.1 Å². The number of amides is 3. The number of urea groups is 1. The van der Waals surface area contributed by atoms with Gasteiger partial charge in [-0.05, 0) is 36.1 Å². The first-order valence-electron chi connectivity index (χ1n) is 10.0. The number of aliphatic hydroxyl groups excluding tert-OH is 1. The summed E-state index contributed by atoms with van der Waals surface area (Å²) in [7, 11) is 0. The second-order valence-electron chi connectivity index (χ2n) is 8.07. The number of carbonyl (C=O) groups is 2. The van der Waals surface area contributed by atoms with Crippen molar-refractivity contribution in [3.05, 3.63) is 70.8 Å². The minimum absolute atomic E-state index is 0.0235. The van der Waals surface area contributed by atoms with Crippen LogP contribution in [0, 0.1) is 13.8 Å². The first kappa shape index (κ1) is 21.6. The highest BCUT2D eigenvalue weighted by Gasteiger charge is 2.55. The number of nitrogens with zero attached hydrogens (tertiary/aromatic N) is 1. The molecule has 8 heteroatoms. The van der Waals surface area contributed by atoms with Gasteiger partial charge in [-0.1, -0.05) is 60.7 Å². The minimum atomic E-state index is -1.57. The van der Waals surface area contributed by atoms with Gasteiger partial charge in [-0.25, -0.2) is 4.79 Å². The highest BCUT2D eigenvalue weighted by molar-refractivity contribution is 7.82. The van der Waals surface area contributed by atoms with Crippen molar-refractivity contribution in [2.45, 2.75) is 44.3 Å². The normalized spacial score (nSPS) is 27.4. The number of imide groups is 1. The van der Waals surface area contributed by atoms with Crippen LogP contribution in [0.15, 0.2) is 48.5 Å². The van der Waals surface area contributed by atoms with Crippen LogP contribution in [0.2, 0.25) is 0 Å². The molecule has 0 spiro atoms. The predicted molar refractivity (Wildman–Crippen MR) is 117 cm³/mol. The van der Waals surface area contributed by atoms with Crippen molar-refractivity contribution in [2.75, 3.05) is 6.54 Å². The molecular weight excluding hydrogens is 416 g/mol. The van der Waals surface area contributed by atoms with Crippen LogP contribution in [-0.4, -0.2) is 50.8 Å². The van der Waals surface area contributed by atoms with E-state index < -0.39 is 36.0 Å². The van der Waals surface area contributed by atoms with Crippen molar-refractivity contribution in [1.29, 1.82) is 0 Å². The number of benzene rings is 2. The van der Waals surface area contributed by atoms with E-state index in [2.05, 4.69) is 5.32 Å². The van der Waals surface area contributed by atoms with Crippen LogP contribution in [0.3, 0.4) is 0 Å². The molecule has 0 aromatic heterocycles. The van der Waals surface area contributed by atoms with Crippen LogP contribution in [0.4, 0.5) is 4.79 Å². The zero-order chi connectivity index (χ0) is 22.3. The lowest BCUT2D eigenvalue weighted by Gasteiger charge is -2.33. The summed E-state index contributed by atoms with van der Waals surface area (Å²) < 4.78 is 6.15. The van der Waals surface area contributed by atoms with Crippen molar-refractivity contribution in [2.24, 2.45) is 0 Å². The Kier molecular flexibility index (Phi) is 5.65. The second-order valence-corrected chi connectivity index (χ2v) is 8.56. The highest BCUT2D eigenvalue weighted by Crippen LogP contribution is 2.46. The van der Waals surface area contributed by atoms with E-state index >= 15 is 0 Å². The summed E-state index contributed by atoms with van der Waals surface area (Å²) in [6, 6.07) is 14.1. The van der Waals surface area contributed by atoms with E-state index in [1.807, 2.05) is 50.2 Å². The molecule has 2 heterocycles. The fourth-order valence-corrected chi connectivity index (χ4v) is 4.59. The largest absolute Gasteiger partial charge is 0.386 e. The van der Waals surface area contributed by atoms with Gasteiger partial charge in [-0.2, -0.15) is 0 Å². The smallest absolute Gasteiger partial charge is 0.326 e. The van der Waals surface area contributed by atoms with Gasteiger partial charge in [0.1, 0.15) is 24.0 Å². The molecule has 2 aliphatic rings. The van der Waals surface area contributed by atoms with Gasteiger partial charge in [0.05, 0.1) is 11.4 Å². The van der Waals surface area contributed by atoms with Crippen LogP contribution in [0.25, 0.3) is 0 Å². The molecule has 0 radical (unpaired) electrons. The fraction of sp³-hybridized carbons (Fsp3) is 0.348. The van der Waals surface area contributed by atoms with Crippen molar-refractivity contribution in [1.82, 2.24) is 10.2 Å². The summed E-state index contributed by atoms with van der Waals surface area (Å²) in [6.45, 7) is 3.67. The summed E-state index contributed by atoms with van der Waals surface area (Å²) in [5.41, 5.74) is 1.38. The maximum Gasteiger partial charge on any atom is 0.326 e. The van der Waals surface area contributed by atoms with E-state index in [0.717, 1.165) is 11.1 Å². The summed E-state index contributed by atoms with van der Waals surface area (Å²) >= 11 is 5.07. The summed E-state index contributed by atoms with van der Waals surface area (Å²) in [4.78, 5) is 25.5. The number of hydrogen-bond donors (Lipinski definition) is 3. The molecule has 31 heavy (non-hydrogen) atoms. The Morgan fingerprint density at radius 1 is 1.13 bits per heavy atom. The van der Waals surface area contributed by atoms with Gasteiger partial charge in [0.25, 0.3) is 5.91 Å². The van der Waals surface area contributed by atoms with Crippen LogP contribution in [-0.2, 0) is 15.1 Å². The lowest BCUT2D eigenvalue weighted by Crippen LogP contribution is -2.57. The molecule has 4 atom stereocenters. The van der Waals surface area contributed by atoms with E-state index in [1.165, 1.54) is 4.90 Å². The average molecular weight is 441 g/mol. The Morgan fingerprint density at radius 2 is 1.77 bits per heavy atom. The molecule has 7 nitrogen and oxygen atoms in total. The quantitative estimate of drug-likeness (QED) is 0.631. The number of nitrogens with one attached hydrogen (secondary N) is 1. The Balaban J connectivity index is 1.75. The Morgan fingerprint density at radius 3 is 2.45 bits per heavy atom. The van der Waals surface area contributed by atoms with Gasteiger partial charge in [-0.15, -0.1) is 0 Å². The van der Waals surface area contributed by atoms with E-state index in [4.69, 9.17) is 17.0 Å². The summed E-state index contributed by atoms with van der Waals surface area (Å²) in [5, 5.41) is 25.4. The monoisotopic (exact) mass is 440 g/mol. The number of aryl methyl sites for hydroxylation is 2. The first-order valence-corrected chi connectivity index (χ1v) is 10.5. The van der Waals surface area contributed by atoms with Gasteiger partial charge in [-0.3, -0.25) is 15.0 Å². The van der Waals surface area contributed by atoms with Gasteiger partial charge < -0.3 is 14.9 Å². The second kappa shape index (κ2) is 8.12. The van der Waals surface area contributed by atoms with Gasteiger partial charge in [0.15, 0.2) is 0 Å². The van der Waals surface area contributed by atoms with Gasteiger partial charge in [0.2, 0.25) is 0 Å². The van der Waals surface area contributed by atoms with Gasteiger partial charge in [0, 0.05) is 6.42 Å². The van der Waals surface area contributed by atoms with E-state index in [9.17, 15) is 19.8 Å². The topological polar surface area (TPSA) is 99.1 Å². The number of ether oxygens (including phenoxy) is 1. The molecule has 162 valence electrons. The number of carbonyl (C=O) groups excluding carboxylic acids is 2. The molecule has 3 N–H and O–H groups in total. The molecule has 3 amide bonds. The number of thiocarbonyl (C=S) groups is 1. The molecule has 2 saturated heterocycles. The van der Waals surface area contributed by atoms with Crippen molar-refractivity contribution in [3.8, 4) is 0 Å². The molecule has 0 bridgehead atoms. The maximum atomic E-state index is 12.5. The van der Waals surface area contributed by atoms with Crippen LogP contribution in [0.1, 0.15) is 34.8 Å². The van der Waals surface area contributed by atoms with Crippen LogP contribution < -0.4 is 5.32 Å². The molecular formula is C23H24N2O5S. The molecule has 4 rings (SSSR count). The summed E-state index contributed by atoms with van der Waals surface area (Å²) in [6.07, 6.45) is -3.04. The van der Waals surface area contributed by atoms with Crippen LogP contribution in [0.5, 0.6) is 0 Å².